The van der Waals surface area contributed by atoms with Crippen LogP contribution in [0, 0.1) is 0 Å². The first kappa shape index (κ1) is 15.4. The number of carbonyl (C=O) groups is 1. The van der Waals surface area contributed by atoms with E-state index in [-0.39, 0.29) is 12.0 Å². The quantitative estimate of drug-likeness (QED) is 0.569. The van der Waals surface area contributed by atoms with E-state index in [2.05, 4.69) is 18.7 Å². The van der Waals surface area contributed by atoms with Crippen molar-refractivity contribution in [3.05, 3.63) is 0 Å². The van der Waals surface area contributed by atoms with Gasteiger partial charge in [0.1, 0.15) is 6.04 Å². The van der Waals surface area contributed by atoms with E-state index in [1.807, 2.05) is 13.8 Å². The summed E-state index contributed by atoms with van der Waals surface area (Å²) in [7, 11) is 0. The summed E-state index contributed by atoms with van der Waals surface area (Å²) < 4.78 is 5.06. The van der Waals surface area contributed by atoms with Gasteiger partial charge in [-0.05, 0) is 39.8 Å². The summed E-state index contributed by atoms with van der Waals surface area (Å²) in [5, 5.41) is 0. The average Bonchev–Trinajstić information content (AvgIpc) is 2.29. The van der Waals surface area contributed by atoms with Crippen LogP contribution in [0.2, 0.25) is 0 Å². The summed E-state index contributed by atoms with van der Waals surface area (Å²) in [5.74, 6) is -0.0882. The number of carbonyl (C=O) groups excluding carboxylic acids is 1. The summed E-state index contributed by atoms with van der Waals surface area (Å²) in [6.45, 7) is 10.6. The molecule has 0 aliphatic carbocycles. The van der Waals surface area contributed by atoms with Crippen molar-refractivity contribution in [3.63, 3.8) is 0 Å². The third kappa shape index (κ3) is 6.11. The molecule has 0 aromatic heterocycles. The summed E-state index contributed by atoms with van der Waals surface area (Å²) in [6.07, 6.45) is 4.62. The van der Waals surface area contributed by atoms with Crippen molar-refractivity contribution in [1.29, 1.82) is 0 Å². The first-order valence-electron chi connectivity index (χ1n) is 6.57. The van der Waals surface area contributed by atoms with Crippen LogP contribution in [0.15, 0.2) is 0 Å². The molecular formula is C13H27NO2. The lowest BCUT2D eigenvalue weighted by atomic mass is 10.2. The van der Waals surface area contributed by atoms with Crippen LogP contribution in [0.25, 0.3) is 0 Å². The zero-order valence-corrected chi connectivity index (χ0v) is 11.3. The number of hydrogen-bond donors (Lipinski definition) is 0. The predicted octanol–water partition coefficient (Wildman–Crippen LogP) is 2.84. The summed E-state index contributed by atoms with van der Waals surface area (Å²) >= 11 is 0. The van der Waals surface area contributed by atoms with E-state index in [4.69, 9.17) is 4.74 Å². The predicted molar refractivity (Wildman–Crippen MR) is 67.5 cm³/mol. The third-order valence-electron chi connectivity index (χ3n) is 2.77. The number of rotatable bonds is 9. The fourth-order valence-corrected chi connectivity index (χ4v) is 1.63. The molecule has 0 rings (SSSR count). The highest BCUT2D eigenvalue weighted by atomic mass is 16.5. The fraction of sp³-hybridized carbons (Fsp3) is 0.923. The van der Waals surface area contributed by atoms with Gasteiger partial charge in [-0.2, -0.15) is 0 Å². The van der Waals surface area contributed by atoms with Gasteiger partial charge in [-0.1, -0.05) is 26.7 Å². The van der Waals surface area contributed by atoms with E-state index >= 15 is 0 Å². The van der Waals surface area contributed by atoms with Crippen LogP contribution in [0.1, 0.15) is 53.4 Å². The van der Waals surface area contributed by atoms with Crippen molar-refractivity contribution in [2.45, 2.75) is 59.4 Å². The molecule has 0 saturated carbocycles. The van der Waals surface area contributed by atoms with Gasteiger partial charge in [-0.15, -0.1) is 0 Å². The maximum atomic E-state index is 11.6. The minimum atomic E-state index is -0.0990. The molecular weight excluding hydrogens is 202 g/mol. The highest BCUT2D eigenvalue weighted by molar-refractivity contribution is 5.75. The molecule has 16 heavy (non-hydrogen) atoms. The lowest BCUT2D eigenvalue weighted by Crippen LogP contribution is -2.41. The van der Waals surface area contributed by atoms with Crippen LogP contribution >= 0.6 is 0 Å². The monoisotopic (exact) mass is 229 g/mol. The molecule has 1 atom stereocenters. The lowest BCUT2D eigenvalue weighted by molar-refractivity contribution is -0.148. The number of nitrogens with zero attached hydrogens (tertiary/aromatic N) is 1. The van der Waals surface area contributed by atoms with Crippen molar-refractivity contribution in [2.24, 2.45) is 0 Å². The van der Waals surface area contributed by atoms with Crippen molar-refractivity contribution in [1.82, 2.24) is 4.90 Å². The molecule has 0 aliphatic heterocycles. The Morgan fingerprint density at radius 3 is 2.00 bits per heavy atom. The van der Waals surface area contributed by atoms with Crippen LogP contribution in [0.4, 0.5) is 0 Å². The van der Waals surface area contributed by atoms with Gasteiger partial charge in [0.15, 0.2) is 0 Å². The zero-order chi connectivity index (χ0) is 12.4. The Morgan fingerprint density at radius 2 is 1.62 bits per heavy atom. The van der Waals surface area contributed by atoms with Gasteiger partial charge in [0, 0.05) is 0 Å². The minimum absolute atomic E-state index is 0.0882. The second-order valence-corrected chi connectivity index (χ2v) is 4.17. The maximum Gasteiger partial charge on any atom is 0.323 e. The topological polar surface area (TPSA) is 29.5 Å². The Labute approximate surface area is 100 Å². The first-order chi connectivity index (χ1) is 7.67. The normalized spacial score (nSPS) is 12.8. The second kappa shape index (κ2) is 9.64. The van der Waals surface area contributed by atoms with E-state index in [1.165, 1.54) is 0 Å². The lowest BCUT2D eigenvalue weighted by Gasteiger charge is -2.27. The molecule has 0 aromatic rings. The average molecular weight is 229 g/mol. The minimum Gasteiger partial charge on any atom is -0.465 e. The third-order valence-corrected chi connectivity index (χ3v) is 2.77. The summed E-state index contributed by atoms with van der Waals surface area (Å²) in [4.78, 5) is 13.9. The number of ether oxygens (including phenoxy) is 1. The maximum absolute atomic E-state index is 11.6. The van der Waals surface area contributed by atoms with E-state index < -0.39 is 0 Å². The molecule has 0 radical (unpaired) electrons. The van der Waals surface area contributed by atoms with Gasteiger partial charge in [0.05, 0.1) is 6.61 Å². The first-order valence-corrected chi connectivity index (χ1v) is 6.57. The van der Waals surface area contributed by atoms with Crippen molar-refractivity contribution < 1.29 is 9.53 Å². The molecule has 0 amide bonds. The second-order valence-electron chi connectivity index (χ2n) is 4.17. The van der Waals surface area contributed by atoms with Crippen molar-refractivity contribution in [3.8, 4) is 0 Å². The molecule has 0 saturated heterocycles. The largest absolute Gasteiger partial charge is 0.465 e. The Morgan fingerprint density at radius 1 is 1.12 bits per heavy atom. The van der Waals surface area contributed by atoms with Gasteiger partial charge in [0.2, 0.25) is 0 Å². The molecule has 3 heteroatoms. The van der Waals surface area contributed by atoms with Crippen LogP contribution in [0.3, 0.4) is 0 Å². The molecule has 3 nitrogen and oxygen atoms in total. The van der Waals surface area contributed by atoms with E-state index in [1.54, 1.807) is 0 Å². The molecule has 96 valence electrons. The Balaban J connectivity index is 4.17. The van der Waals surface area contributed by atoms with Gasteiger partial charge in [-0.25, -0.2) is 0 Å². The zero-order valence-electron chi connectivity index (χ0n) is 11.3. The molecule has 0 fully saturated rings. The molecule has 0 spiro atoms. The fourth-order valence-electron chi connectivity index (χ4n) is 1.63. The molecule has 0 aromatic carbocycles. The number of hydrogen-bond acceptors (Lipinski definition) is 3. The van der Waals surface area contributed by atoms with Crippen LogP contribution < -0.4 is 0 Å². The Kier molecular flexibility index (Phi) is 9.30. The van der Waals surface area contributed by atoms with Crippen LogP contribution in [0.5, 0.6) is 0 Å². The van der Waals surface area contributed by atoms with E-state index in [0.29, 0.717) is 6.61 Å². The molecule has 1 unspecified atom stereocenters. The molecule has 0 N–H and O–H groups in total. The Hall–Kier alpha value is -0.570. The molecule has 0 bridgehead atoms. The summed E-state index contributed by atoms with van der Waals surface area (Å²) in [5.41, 5.74) is 0. The van der Waals surface area contributed by atoms with Gasteiger partial charge in [-0.3, -0.25) is 9.69 Å². The molecule has 0 aliphatic rings. The number of unbranched alkanes of at least 4 members (excludes halogenated alkanes) is 2. The van der Waals surface area contributed by atoms with E-state index in [0.717, 1.165) is 38.8 Å². The van der Waals surface area contributed by atoms with Crippen molar-refractivity contribution >= 4 is 5.97 Å². The number of esters is 1. The molecule has 0 heterocycles. The highest BCUT2D eigenvalue weighted by Crippen LogP contribution is 2.06. The Bertz CT molecular complexity index is 175. The standard InChI is InChI=1S/C13H27NO2/c1-5-8-10-14(11-9-6-2)12(4)13(15)16-7-3/h12H,5-11H2,1-4H3. The smallest absolute Gasteiger partial charge is 0.323 e. The van der Waals surface area contributed by atoms with Crippen molar-refractivity contribution in [2.75, 3.05) is 19.7 Å². The van der Waals surface area contributed by atoms with Crippen LogP contribution in [-0.4, -0.2) is 36.6 Å². The van der Waals surface area contributed by atoms with Gasteiger partial charge in [0.25, 0.3) is 0 Å². The van der Waals surface area contributed by atoms with E-state index in [9.17, 15) is 4.79 Å². The van der Waals surface area contributed by atoms with Crippen LogP contribution in [-0.2, 0) is 9.53 Å². The van der Waals surface area contributed by atoms with Gasteiger partial charge < -0.3 is 4.74 Å². The SMILES string of the molecule is CCCCN(CCCC)C(C)C(=O)OCC. The highest BCUT2D eigenvalue weighted by Gasteiger charge is 2.21. The van der Waals surface area contributed by atoms with Gasteiger partial charge >= 0.3 is 5.97 Å². The summed E-state index contributed by atoms with van der Waals surface area (Å²) in [6, 6.07) is -0.0990.